The fourth-order valence-corrected chi connectivity index (χ4v) is 8.40. The van der Waals surface area contributed by atoms with Crippen LogP contribution in [0.2, 0.25) is 0 Å². The molecule has 3 aliphatic heterocycles. The van der Waals surface area contributed by atoms with E-state index < -0.39 is 17.7 Å². The van der Waals surface area contributed by atoms with Gasteiger partial charge in [0.2, 0.25) is 5.91 Å². The summed E-state index contributed by atoms with van der Waals surface area (Å²) < 4.78 is 22.4. The molecule has 5 aromatic rings. The predicted octanol–water partition coefficient (Wildman–Crippen LogP) is 7.41. The second kappa shape index (κ2) is 14.8. The zero-order chi connectivity index (χ0) is 39.3. The van der Waals surface area contributed by atoms with Gasteiger partial charge < -0.3 is 39.1 Å². The number of carbonyl (C=O) groups is 3. The van der Waals surface area contributed by atoms with E-state index in [9.17, 15) is 14.4 Å². The van der Waals surface area contributed by atoms with E-state index in [0.29, 0.717) is 32.7 Å². The number of likely N-dealkylation sites (tertiary alicyclic amines) is 2. The van der Waals surface area contributed by atoms with Crippen LogP contribution in [0, 0.1) is 5.92 Å². The zero-order valence-electron chi connectivity index (χ0n) is 32.7. The van der Waals surface area contributed by atoms with Crippen molar-refractivity contribution in [2.45, 2.75) is 83.7 Å². The van der Waals surface area contributed by atoms with Crippen molar-refractivity contribution in [3.8, 4) is 28.1 Å². The van der Waals surface area contributed by atoms with Gasteiger partial charge in [-0.3, -0.25) is 9.69 Å². The molecule has 14 heteroatoms. The van der Waals surface area contributed by atoms with Crippen LogP contribution in [0.25, 0.3) is 44.2 Å². The number of alkyl carbamates (subject to hydrolysis) is 1. The number of aromatic nitrogens is 4. The van der Waals surface area contributed by atoms with Gasteiger partial charge in [0.05, 0.1) is 48.7 Å². The first-order chi connectivity index (χ1) is 26.9. The maximum absolute atomic E-state index is 13.4. The average molecular weight is 764 g/mol. The van der Waals surface area contributed by atoms with Crippen molar-refractivity contribution < 1.29 is 33.3 Å². The summed E-state index contributed by atoms with van der Waals surface area (Å²) in [6.45, 7) is 9.56. The van der Waals surface area contributed by atoms with Crippen LogP contribution in [0.4, 0.5) is 9.59 Å². The van der Waals surface area contributed by atoms with E-state index in [-0.39, 0.29) is 30.0 Å². The molecule has 4 unspecified atom stereocenters. The molecule has 0 saturated carbocycles. The van der Waals surface area contributed by atoms with E-state index in [1.807, 2.05) is 40.0 Å². The summed E-state index contributed by atoms with van der Waals surface area (Å²) in [6.07, 6.45) is 3.64. The van der Waals surface area contributed by atoms with Crippen LogP contribution in [-0.4, -0.2) is 93.4 Å². The molecule has 0 aliphatic carbocycles. The molecule has 4 atom stereocenters. The third-order valence-corrected chi connectivity index (χ3v) is 11.0. The minimum Gasteiger partial charge on any atom is -0.488 e. The predicted molar refractivity (Wildman–Crippen MR) is 210 cm³/mol. The Balaban J connectivity index is 1.05. The number of rotatable bonds is 8. The van der Waals surface area contributed by atoms with Gasteiger partial charge in [0, 0.05) is 37.1 Å². The number of nitrogens with zero attached hydrogens (tertiary/aromatic N) is 4. The van der Waals surface area contributed by atoms with E-state index in [0.717, 1.165) is 86.4 Å². The largest absolute Gasteiger partial charge is 0.488 e. The van der Waals surface area contributed by atoms with Crippen molar-refractivity contribution in [1.29, 1.82) is 0 Å². The first-order valence-electron chi connectivity index (χ1n) is 19.4. The number of fused-ring (bicyclic) bond motifs is 6. The van der Waals surface area contributed by atoms with Crippen molar-refractivity contribution in [2.24, 2.45) is 5.92 Å². The van der Waals surface area contributed by atoms with E-state index in [4.69, 9.17) is 28.9 Å². The quantitative estimate of drug-likeness (QED) is 0.146. The highest BCUT2D eigenvalue weighted by Crippen LogP contribution is 2.44. The summed E-state index contributed by atoms with van der Waals surface area (Å²) in [4.78, 5) is 59.0. The van der Waals surface area contributed by atoms with E-state index in [1.54, 1.807) is 16.9 Å². The second-order valence-electron chi connectivity index (χ2n) is 16.0. The number of aromatic amines is 2. The molecule has 3 amide bonds. The lowest BCUT2D eigenvalue weighted by Crippen LogP contribution is -2.48. The van der Waals surface area contributed by atoms with Gasteiger partial charge in [-0.05, 0) is 92.8 Å². The highest BCUT2D eigenvalue weighted by Gasteiger charge is 2.40. The number of methoxy groups -OCH3 is 2. The van der Waals surface area contributed by atoms with Crippen molar-refractivity contribution in [3.05, 3.63) is 65.9 Å². The molecule has 14 nitrogen and oxygen atoms in total. The molecule has 3 N–H and O–H groups in total. The SMILES string of the molecule is CCC(NC(=O)OC)C(=O)N1CCCC1c1ncc(-c2ccc3c(c2)COc2cc4c(ccc5[nH]c(C6CC(COC)CN6C(=O)OC(C)(C)C)nc54)cc2-3)[nH]1. The smallest absolute Gasteiger partial charge is 0.410 e. The van der Waals surface area contributed by atoms with Gasteiger partial charge in [0.1, 0.15) is 35.6 Å². The number of nitrogens with one attached hydrogen (secondary N) is 3. The monoisotopic (exact) mass is 763 g/mol. The molecule has 294 valence electrons. The Kier molecular flexibility index (Phi) is 9.85. The third kappa shape index (κ3) is 7.02. The normalized spacial score (nSPS) is 19.8. The Morgan fingerprint density at radius 3 is 2.62 bits per heavy atom. The van der Waals surface area contributed by atoms with Gasteiger partial charge in [0.15, 0.2) is 0 Å². The molecule has 5 heterocycles. The first-order valence-corrected chi connectivity index (χ1v) is 19.4. The molecule has 2 aromatic heterocycles. The molecule has 0 radical (unpaired) electrons. The molecule has 8 rings (SSSR count). The molecule has 0 bridgehead atoms. The Hall–Kier alpha value is -5.63. The van der Waals surface area contributed by atoms with E-state index in [1.165, 1.54) is 7.11 Å². The molecule has 56 heavy (non-hydrogen) atoms. The number of hydrogen-bond donors (Lipinski definition) is 3. The van der Waals surface area contributed by atoms with Crippen LogP contribution < -0.4 is 10.1 Å². The van der Waals surface area contributed by atoms with Gasteiger partial charge in [-0.2, -0.15) is 0 Å². The molecule has 2 fully saturated rings. The van der Waals surface area contributed by atoms with Crippen LogP contribution in [0.3, 0.4) is 0 Å². The van der Waals surface area contributed by atoms with Crippen LogP contribution in [0.5, 0.6) is 5.75 Å². The molecule has 3 aliphatic rings. The summed E-state index contributed by atoms with van der Waals surface area (Å²) in [5.74, 6) is 2.26. The molecule has 2 saturated heterocycles. The summed E-state index contributed by atoms with van der Waals surface area (Å²) in [7, 11) is 2.97. The van der Waals surface area contributed by atoms with Gasteiger partial charge in [0.25, 0.3) is 0 Å². The zero-order valence-corrected chi connectivity index (χ0v) is 32.7. The number of hydrogen-bond acceptors (Lipinski definition) is 9. The lowest BCUT2D eigenvalue weighted by atomic mass is 9.92. The van der Waals surface area contributed by atoms with E-state index in [2.05, 4.69) is 51.7 Å². The van der Waals surface area contributed by atoms with Crippen molar-refractivity contribution in [1.82, 2.24) is 35.1 Å². The van der Waals surface area contributed by atoms with E-state index >= 15 is 0 Å². The van der Waals surface area contributed by atoms with Crippen molar-refractivity contribution in [2.75, 3.05) is 33.9 Å². The summed E-state index contributed by atoms with van der Waals surface area (Å²) in [5.41, 5.74) is 6.08. The highest BCUT2D eigenvalue weighted by atomic mass is 16.6. The average Bonchev–Trinajstić information content (AvgIpc) is 4.01. The minimum absolute atomic E-state index is 0.140. The number of amides is 3. The van der Waals surface area contributed by atoms with Crippen molar-refractivity contribution >= 4 is 39.9 Å². The maximum Gasteiger partial charge on any atom is 0.410 e. The van der Waals surface area contributed by atoms with Crippen LogP contribution >= 0.6 is 0 Å². The molecular formula is C42H49N7O7. The number of imidazole rings is 2. The Morgan fingerprint density at radius 2 is 1.86 bits per heavy atom. The molecular weight excluding hydrogens is 715 g/mol. The summed E-state index contributed by atoms with van der Waals surface area (Å²) in [6, 6.07) is 13.6. The number of H-pyrrole nitrogens is 2. The third-order valence-electron chi connectivity index (χ3n) is 11.0. The number of ether oxygens (including phenoxy) is 4. The van der Waals surface area contributed by atoms with Gasteiger partial charge in [-0.15, -0.1) is 0 Å². The highest BCUT2D eigenvalue weighted by molar-refractivity contribution is 6.07. The van der Waals surface area contributed by atoms with Crippen molar-refractivity contribution in [3.63, 3.8) is 0 Å². The topological polar surface area (TPSA) is 164 Å². The Bertz CT molecular complexity index is 2310. The maximum atomic E-state index is 13.4. The number of benzene rings is 3. The molecule has 3 aromatic carbocycles. The standard InChI is InChI=1S/C42H49N7O7/c1-7-30(46-40(51)54-6)39(50)48-14-8-9-33(48)37-43-19-32(45-37)25-10-12-27-26(16-25)22-55-35-18-28-24(17-29(27)35)11-13-31-36(28)47-38(44-31)34-15-23(21-53-5)20-49(34)41(52)56-42(2,3)4/h10-13,16-19,23,30,33-34H,7-9,14-15,20-22H2,1-6H3,(H,43,45)(H,44,47)(H,46,51). The first kappa shape index (κ1) is 37.3. The fraction of sp³-hybridized carbons (Fsp3) is 0.452. The lowest BCUT2D eigenvalue weighted by Gasteiger charge is -2.27. The number of carbonyl (C=O) groups excluding carboxylic acids is 3. The second-order valence-corrected chi connectivity index (χ2v) is 16.0. The Labute approximate surface area is 325 Å². The van der Waals surface area contributed by atoms with Crippen LogP contribution in [-0.2, 0) is 25.6 Å². The minimum atomic E-state index is -0.663. The summed E-state index contributed by atoms with van der Waals surface area (Å²) >= 11 is 0. The van der Waals surface area contributed by atoms with Crippen LogP contribution in [0.1, 0.15) is 82.7 Å². The lowest BCUT2D eigenvalue weighted by molar-refractivity contribution is -0.134. The summed E-state index contributed by atoms with van der Waals surface area (Å²) in [5, 5.41) is 4.66. The fourth-order valence-electron chi connectivity index (χ4n) is 8.40. The Morgan fingerprint density at radius 1 is 1.02 bits per heavy atom. The van der Waals surface area contributed by atoms with Gasteiger partial charge >= 0.3 is 12.2 Å². The van der Waals surface area contributed by atoms with Gasteiger partial charge in [-0.25, -0.2) is 19.6 Å². The van der Waals surface area contributed by atoms with Crippen LogP contribution in [0.15, 0.2) is 48.7 Å². The molecule has 0 spiro atoms. The van der Waals surface area contributed by atoms with Gasteiger partial charge in [-0.1, -0.05) is 25.1 Å².